The number of carbonyl (C=O) groups is 1. The number of aliphatic carboxylic acids is 1. The lowest BCUT2D eigenvalue weighted by atomic mass is 10.4. The first-order chi connectivity index (χ1) is 9.41. The summed E-state index contributed by atoms with van der Waals surface area (Å²) in [6.07, 6.45) is 1.86. The molecule has 1 fully saturated rings. The van der Waals surface area contributed by atoms with Crippen LogP contribution in [0.15, 0.2) is 9.59 Å². The number of fused-ring (bicyclic) bond motifs is 1. The number of hydrogen-bond donors (Lipinski definition) is 1. The van der Waals surface area contributed by atoms with Crippen LogP contribution >= 0.6 is 0 Å². The minimum atomic E-state index is -1.04. The van der Waals surface area contributed by atoms with Gasteiger partial charge in [0, 0.05) is 20.0 Å². The Morgan fingerprint density at radius 2 is 1.95 bits per heavy atom. The quantitative estimate of drug-likeness (QED) is 0.808. The first-order valence-electron chi connectivity index (χ1n) is 6.29. The minimum Gasteiger partial charge on any atom is -0.480 e. The van der Waals surface area contributed by atoms with Gasteiger partial charge in [-0.3, -0.25) is 18.7 Å². The van der Waals surface area contributed by atoms with Gasteiger partial charge >= 0.3 is 11.7 Å². The lowest BCUT2D eigenvalue weighted by molar-refractivity contribution is -0.137. The van der Waals surface area contributed by atoms with Crippen molar-refractivity contribution in [3.63, 3.8) is 0 Å². The second-order valence-electron chi connectivity index (χ2n) is 5.10. The Labute approximate surface area is 112 Å². The van der Waals surface area contributed by atoms with E-state index in [0.717, 1.165) is 17.4 Å². The van der Waals surface area contributed by atoms with Crippen LogP contribution in [0, 0.1) is 0 Å². The maximum absolute atomic E-state index is 12.3. The minimum absolute atomic E-state index is 0.180. The summed E-state index contributed by atoms with van der Waals surface area (Å²) in [6.45, 7) is -0.324. The molecule has 0 amide bonds. The van der Waals surface area contributed by atoms with Crippen LogP contribution in [0.1, 0.15) is 24.6 Å². The predicted molar refractivity (Wildman–Crippen MR) is 69.8 cm³/mol. The van der Waals surface area contributed by atoms with Crippen LogP contribution < -0.4 is 11.2 Å². The predicted octanol–water partition coefficient (Wildman–Crippen LogP) is -0.604. The Kier molecular flexibility index (Phi) is 2.56. The molecule has 0 aliphatic heterocycles. The summed E-state index contributed by atoms with van der Waals surface area (Å²) in [5.74, 6) is -0.274. The second kappa shape index (κ2) is 4.06. The van der Waals surface area contributed by atoms with Crippen molar-refractivity contribution in [3.8, 4) is 0 Å². The lowest BCUT2D eigenvalue weighted by Gasteiger charge is -2.06. The third-order valence-electron chi connectivity index (χ3n) is 3.61. The molecule has 2 aromatic heterocycles. The molecule has 0 aromatic carbocycles. The molecule has 1 aliphatic carbocycles. The van der Waals surface area contributed by atoms with Gasteiger partial charge in [-0.2, -0.15) is 0 Å². The van der Waals surface area contributed by atoms with Crippen LogP contribution in [0.5, 0.6) is 0 Å². The van der Waals surface area contributed by atoms with E-state index in [1.807, 2.05) is 0 Å². The van der Waals surface area contributed by atoms with Gasteiger partial charge in [0.25, 0.3) is 5.56 Å². The zero-order valence-electron chi connectivity index (χ0n) is 11.2. The van der Waals surface area contributed by atoms with E-state index in [1.54, 1.807) is 0 Å². The van der Waals surface area contributed by atoms with E-state index >= 15 is 0 Å². The third-order valence-corrected chi connectivity index (χ3v) is 3.61. The number of hydrogen-bond acceptors (Lipinski definition) is 4. The largest absolute Gasteiger partial charge is 0.480 e. The monoisotopic (exact) mass is 278 g/mol. The molecule has 106 valence electrons. The molecule has 1 aliphatic rings. The fraction of sp³-hybridized carbons (Fsp3) is 0.500. The fourth-order valence-corrected chi connectivity index (χ4v) is 2.41. The molecule has 1 N–H and O–H groups in total. The van der Waals surface area contributed by atoms with Gasteiger partial charge in [0.15, 0.2) is 11.2 Å². The smallest absolute Gasteiger partial charge is 0.332 e. The summed E-state index contributed by atoms with van der Waals surface area (Å²) < 4.78 is 3.68. The number of aryl methyl sites for hydroxylation is 1. The Balaban J connectivity index is 2.44. The van der Waals surface area contributed by atoms with Gasteiger partial charge in [-0.05, 0) is 12.8 Å². The number of nitrogens with zero attached hydrogens (tertiary/aromatic N) is 4. The van der Waals surface area contributed by atoms with Gasteiger partial charge in [-0.15, -0.1) is 0 Å². The summed E-state index contributed by atoms with van der Waals surface area (Å²) in [5.41, 5.74) is -0.547. The van der Waals surface area contributed by atoms with Crippen LogP contribution in [0.2, 0.25) is 0 Å². The molecule has 8 heteroatoms. The van der Waals surface area contributed by atoms with Crippen molar-refractivity contribution in [2.45, 2.75) is 25.3 Å². The van der Waals surface area contributed by atoms with Crippen molar-refractivity contribution in [2.75, 3.05) is 0 Å². The highest BCUT2D eigenvalue weighted by molar-refractivity contribution is 5.75. The summed E-state index contributed by atoms with van der Waals surface area (Å²) >= 11 is 0. The standard InChI is InChI=1S/C12H14N4O4/c1-14-10-8(11(19)15(2)12(14)20)16(5-7(17)18)9(13-10)6-3-4-6/h6H,3-5H2,1-2H3,(H,17,18). The Morgan fingerprint density at radius 3 is 2.50 bits per heavy atom. The molecule has 0 atom stereocenters. The molecular weight excluding hydrogens is 264 g/mol. The van der Waals surface area contributed by atoms with Crippen molar-refractivity contribution in [2.24, 2.45) is 14.1 Å². The van der Waals surface area contributed by atoms with Gasteiger partial charge in [-0.1, -0.05) is 0 Å². The van der Waals surface area contributed by atoms with Crippen LogP contribution in [0.3, 0.4) is 0 Å². The van der Waals surface area contributed by atoms with Crippen LogP contribution in [-0.2, 0) is 25.4 Å². The Hall–Kier alpha value is -2.38. The number of aromatic nitrogens is 4. The van der Waals surface area contributed by atoms with Gasteiger partial charge in [0.05, 0.1) is 0 Å². The zero-order valence-corrected chi connectivity index (χ0v) is 11.2. The van der Waals surface area contributed by atoms with E-state index in [2.05, 4.69) is 4.98 Å². The molecule has 0 spiro atoms. The summed E-state index contributed by atoms with van der Waals surface area (Å²) in [7, 11) is 2.90. The van der Waals surface area contributed by atoms with Gasteiger partial charge in [-0.25, -0.2) is 9.78 Å². The van der Waals surface area contributed by atoms with Crippen molar-refractivity contribution < 1.29 is 9.90 Å². The topological polar surface area (TPSA) is 99.1 Å². The summed E-state index contributed by atoms with van der Waals surface area (Å²) in [4.78, 5) is 39.5. The number of carboxylic acid groups (broad SMARTS) is 1. The molecule has 0 bridgehead atoms. The van der Waals surface area contributed by atoms with E-state index < -0.39 is 17.2 Å². The van der Waals surface area contributed by atoms with Crippen molar-refractivity contribution in [1.29, 1.82) is 0 Å². The van der Waals surface area contributed by atoms with Crippen LogP contribution in [-0.4, -0.2) is 29.8 Å². The van der Waals surface area contributed by atoms with E-state index in [0.29, 0.717) is 5.82 Å². The highest BCUT2D eigenvalue weighted by Gasteiger charge is 2.32. The molecule has 0 saturated heterocycles. The molecule has 20 heavy (non-hydrogen) atoms. The van der Waals surface area contributed by atoms with Crippen molar-refractivity contribution in [1.82, 2.24) is 18.7 Å². The molecule has 3 rings (SSSR count). The third kappa shape index (κ3) is 1.68. The van der Waals surface area contributed by atoms with Crippen molar-refractivity contribution in [3.05, 3.63) is 26.7 Å². The van der Waals surface area contributed by atoms with Crippen LogP contribution in [0.4, 0.5) is 0 Å². The van der Waals surface area contributed by atoms with E-state index in [9.17, 15) is 14.4 Å². The molecule has 0 unspecified atom stereocenters. The van der Waals surface area contributed by atoms with Gasteiger partial charge in [0.1, 0.15) is 12.4 Å². The van der Waals surface area contributed by atoms with E-state index in [4.69, 9.17) is 5.11 Å². The fourth-order valence-electron chi connectivity index (χ4n) is 2.41. The summed E-state index contributed by atoms with van der Waals surface area (Å²) in [5, 5.41) is 9.03. The number of rotatable bonds is 3. The maximum atomic E-state index is 12.3. The van der Waals surface area contributed by atoms with E-state index in [1.165, 1.54) is 23.2 Å². The number of imidazole rings is 1. The number of carboxylic acids is 1. The maximum Gasteiger partial charge on any atom is 0.332 e. The normalized spacial score (nSPS) is 14.9. The SMILES string of the molecule is Cn1c(=O)c2c(nc(C3CC3)n2CC(=O)O)n(C)c1=O. The van der Waals surface area contributed by atoms with Crippen molar-refractivity contribution >= 4 is 17.1 Å². The van der Waals surface area contributed by atoms with Gasteiger partial charge < -0.3 is 9.67 Å². The average molecular weight is 278 g/mol. The highest BCUT2D eigenvalue weighted by atomic mass is 16.4. The van der Waals surface area contributed by atoms with Crippen LogP contribution in [0.25, 0.3) is 11.2 Å². The molecular formula is C12H14N4O4. The first kappa shape index (κ1) is 12.6. The average Bonchev–Trinajstić information content (AvgIpc) is 3.16. The van der Waals surface area contributed by atoms with E-state index in [-0.39, 0.29) is 23.6 Å². The molecule has 8 nitrogen and oxygen atoms in total. The Morgan fingerprint density at radius 1 is 1.30 bits per heavy atom. The molecule has 2 aromatic rings. The molecule has 1 saturated carbocycles. The second-order valence-corrected chi connectivity index (χ2v) is 5.10. The Bertz CT molecular complexity index is 838. The lowest BCUT2D eigenvalue weighted by Crippen LogP contribution is -2.37. The van der Waals surface area contributed by atoms with Gasteiger partial charge in [0.2, 0.25) is 0 Å². The zero-order chi connectivity index (χ0) is 14.6. The first-order valence-corrected chi connectivity index (χ1v) is 6.29. The summed E-state index contributed by atoms with van der Waals surface area (Å²) in [6, 6.07) is 0. The highest BCUT2D eigenvalue weighted by Crippen LogP contribution is 2.40. The molecule has 0 radical (unpaired) electrons. The molecule has 2 heterocycles.